The van der Waals surface area contributed by atoms with Crippen LogP contribution in [0.5, 0.6) is 11.5 Å². The van der Waals surface area contributed by atoms with Crippen LogP contribution in [-0.4, -0.2) is 20.2 Å². The first kappa shape index (κ1) is 14.7. The number of aromatic nitrogens is 3. The molecular weight excluding hydrogens is 320 g/mol. The van der Waals surface area contributed by atoms with Crippen LogP contribution in [-0.2, 0) is 13.0 Å². The standard InChI is InChI=1S/C16H13F2N3O3/c1-10-8-14(22)21-7-6-20(15(21)19-10)5-4-11-2-3-12-13(9-11)24-16(17,18)23-12/h2-3,6-9H,4-5H2,1H3. The van der Waals surface area contributed by atoms with Gasteiger partial charge in [0.15, 0.2) is 11.5 Å². The molecule has 0 radical (unpaired) electrons. The van der Waals surface area contributed by atoms with Crippen LogP contribution in [0, 0.1) is 6.92 Å². The quantitative estimate of drug-likeness (QED) is 0.738. The topological polar surface area (TPSA) is 57.8 Å². The number of nitrogens with zero attached hydrogens (tertiary/aromatic N) is 3. The zero-order valence-electron chi connectivity index (χ0n) is 12.7. The fourth-order valence-corrected chi connectivity index (χ4v) is 2.72. The fourth-order valence-electron chi connectivity index (χ4n) is 2.72. The van der Waals surface area contributed by atoms with Gasteiger partial charge in [0, 0.05) is 30.7 Å². The molecule has 1 aliphatic heterocycles. The molecule has 2 aromatic heterocycles. The molecule has 0 atom stereocenters. The minimum atomic E-state index is -3.61. The monoisotopic (exact) mass is 333 g/mol. The molecule has 0 aliphatic carbocycles. The molecule has 0 bridgehead atoms. The van der Waals surface area contributed by atoms with Crippen molar-refractivity contribution in [2.75, 3.05) is 0 Å². The van der Waals surface area contributed by atoms with Crippen molar-refractivity contribution >= 4 is 5.78 Å². The van der Waals surface area contributed by atoms with Crippen LogP contribution in [0.3, 0.4) is 0 Å². The molecule has 1 aliphatic rings. The summed E-state index contributed by atoms with van der Waals surface area (Å²) < 4.78 is 38.2. The van der Waals surface area contributed by atoms with E-state index in [0.29, 0.717) is 24.4 Å². The van der Waals surface area contributed by atoms with Gasteiger partial charge in [0.1, 0.15) is 0 Å². The van der Waals surface area contributed by atoms with Gasteiger partial charge < -0.3 is 14.0 Å². The molecule has 0 N–H and O–H groups in total. The Balaban J connectivity index is 1.57. The molecule has 4 rings (SSSR count). The summed E-state index contributed by atoms with van der Waals surface area (Å²) >= 11 is 0. The number of aryl methyl sites for hydroxylation is 3. The van der Waals surface area contributed by atoms with Gasteiger partial charge in [0.25, 0.3) is 5.56 Å². The molecule has 6 nitrogen and oxygen atoms in total. The molecule has 1 aromatic carbocycles. The molecule has 0 amide bonds. The number of hydrogen-bond acceptors (Lipinski definition) is 4. The second-order valence-corrected chi connectivity index (χ2v) is 5.60. The lowest BCUT2D eigenvalue weighted by molar-refractivity contribution is -0.286. The van der Waals surface area contributed by atoms with E-state index < -0.39 is 6.29 Å². The van der Waals surface area contributed by atoms with Gasteiger partial charge in [-0.15, -0.1) is 8.78 Å². The van der Waals surface area contributed by atoms with E-state index in [1.165, 1.54) is 22.6 Å². The van der Waals surface area contributed by atoms with Gasteiger partial charge in [-0.1, -0.05) is 6.07 Å². The van der Waals surface area contributed by atoms with Gasteiger partial charge >= 0.3 is 6.29 Å². The zero-order valence-corrected chi connectivity index (χ0v) is 12.7. The van der Waals surface area contributed by atoms with E-state index in [1.807, 2.05) is 4.57 Å². The van der Waals surface area contributed by atoms with Crippen molar-refractivity contribution < 1.29 is 18.3 Å². The molecule has 3 heterocycles. The maximum atomic E-state index is 13.0. The summed E-state index contributed by atoms with van der Waals surface area (Å²) in [5, 5.41) is 0. The number of alkyl halides is 2. The molecule has 3 aromatic rings. The first-order valence-corrected chi connectivity index (χ1v) is 7.35. The largest absolute Gasteiger partial charge is 0.586 e. The molecule has 24 heavy (non-hydrogen) atoms. The van der Waals surface area contributed by atoms with E-state index >= 15 is 0 Å². The maximum Gasteiger partial charge on any atom is 0.586 e. The van der Waals surface area contributed by atoms with E-state index in [0.717, 1.165) is 5.56 Å². The van der Waals surface area contributed by atoms with Gasteiger partial charge in [-0.25, -0.2) is 4.98 Å². The lowest BCUT2D eigenvalue weighted by Crippen LogP contribution is -2.25. The van der Waals surface area contributed by atoms with Crippen molar-refractivity contribution in [3.05, 3.63) is 58.3 Å². The van der Waals surface area contributed by atoms with Crippen molar-refractivity contribution in [3.63, 3.8) is 0 Å². The van der Waals surface area contributed by atoms with Gasteiger partial charge in [0.05, 0.1) is 0 Å². The normalized spacial score (nSPS) is 15.1. The van der Waals surface area contributed by atoms with Crippen LogP contribution in [0.4, 0.5) is 8.78 Å². The van der Waals surface area contributed by atoms with E-state index in [2.05, 4.69) is 14.5 Å². The van der Waals surface area contributed by atoms with Gasteiger partial charge in [-0.3, -0.25) is 9.20 Å². The lowest BCUT2D eigenvalue weighted by atomic mass is 10.1. The summed E-state index contributed by atoms with van der Waals surface area (Å²) in [5.41, 5.74) is 1.32. The Kier molecular flexibility index (Phi) is 3.09. The van der Waals surface area contributed by atoms with Crippen LogP contribution >= 0.6 is 0 Å². The van der Waals surface area contributed by atoms with Crippen molar-refractivity contribution in [2.24, 2.45) is 0 Å². The number of ether oxygens (including phenoxy) is 2. The first-order chi connectivity index (χ1) is 11.4. The molecule has 8 heteroatoms. The molecule has 124 valence electrons. The average molecular weight is 333 g/mol. The third-order valence-electron chi connectivity index (χ3n) is 3.82. The number of benzene rings is 1. The maximum absolute atomic E-state index is 13.0. The van der Waals surface area contributed by atoms with E-state index in [4.69, 9.17) is 0 Å². The highest BCUT2D eigenvalue weighted by Crippen LogP contribution is 2.41. The minimum Gasteiger partial charge on any atom is -0.395 e. The predicted octanol–water partition coefficient (Wildman–Crippen LogP) is 2.37. The lowest BCUT2D eigenvalue weighted by Gasteiger charge is -2.06. The van der Waals surface area contributed by atoms with Crippen LogP contribution in [0.25, 0.3) is 5.78 Å². The Labute approximate surface area is 134 Å². The molecule has 0 unspecified atom stereocenters. The van der Waals surface area contributed by atoms with Gasteiger partial charge in [0.2, 0.25) is 5.78 Å². The summed E-state index contributed by atoms with van der Waals surface area (Å²) in [7, 11) is 0. The van der Waals surface area contributed by atoms with E-state index in [-0.39, 0.29) is 17.1 Å². The van der Waals surface area contributed by atoms with Crippen molar-refractivity contribution in [1.82, 2.24) is 14.0 Å². The summed E-state index contributed by atoms with van der Waals surface area (Å²) in [5.74, 6) is 0.603. The van der Waals surface area contributed by atoms with E-state index in [9.17, 15) is 13.6 Å². The smallest absolute Gasteiger partial charge is 0.395 e. The average Bonchev–Trinajstić information content (AvgIpc) is 3.03. The minimum absolute atomic E-state index is 0.0269. The predicted molar refractivity (Wildman–Crippen MR) is 80.5 cm³/mol. The number of halogens is 2. The highest BCUT2D eigenvalue weighted by molar-refractivity contribution is 5.45. The molecule has 0 saturated heterocycles. The highest BCUT2D eigenvalue weighted by atomic mass is 19.3. The van der Waals surface area contributed by atoms with Crippen LogP contribution < -0.4 is 15.0 Å². The molecule has 0 saturated carbocycles. The Morgan fingerprint density at radius 2 is 1.96 bits per heavy atom. The number of hydrogen-bond donors (Lipinski definition) is 0. The number of rotatable bonds is 3. The Hall–Kier alpha value is -2.90. The van der Waals surface area contributed by atoms with Crippen molar-refractivity contribution in [3.8, 4) is 11.5 Å². The molecule has 0 spiro atoms. The third-order valence-corrected chi connectivity index (χ3v) is 3.82. The SMILES string of the molecule is Cc1cc(=O)n2ccn(CCc3ccc4c(c3)OC(F)(F)O4)c2n1. The third kappa shape index (κ3) is 2.49. The van der Waals surface area contributed by atoms with Gasteiger partial charge in [-0.05, 0) is 31.0 Å². The van der Waals surface area contributed by atoms with E-state index in [1.54, 1.807) is 25.4 Å². The summed E-state index contributed by atoms with van der Waals surface area (Å²) in [6.45, 7) is 2.30. The number of imidazole rings is 1. The second-order valence-electron chi connectivity index (χ2n) is 5.60. The fraction of sp³-hybridized carbons (Fsp3) is 0.250. The first-order valence-electron chi connectivity index (χ1n) is 7.35. The summed E-state index contributed by atoms with van der Waals surface area (Å²) in [4.78, 5) is 16.3. The second kappa shape index (κ2) is 5.05. The zero-order chi connectivity index (χ0) is 16.9. The Bertz CT molecular complexity index is 994. The van der Waals surface area contributed by atoms with Crippen LogP contribution in [0.15, 0.2) is 41.5 Å². The van der Waals surface area contributed by atoms with Crippen LogP contribution in [0.2, 0.25) is 0 Å². The summed E-state index contributed by atoms with van der Waals surface area (Å²) in [6, 6.07) is 6.18. The van der Waals surface area contributed by atoms with Crippen molar-refractivity contribution in [2.45, 2.75) is 26.2 Å². The number of fused-ring (bicyclic) bond motifs is 2. The molecule has 0 fully saturated rings. The van der Waals surface area contributed by atoms with Gasteiger partial charge in [-0.2, -0.15) is 0 Å². The Morgan fingerprint density at radius 1 is 1.17 bits per heavy atom. The Morgan fingerprint density at radius 3 is 2.79 bits per heavy atom. The molecular formula is C16H13F2N3O3. The summed E-state index contributed by atoms with van der Waals surface area (Å²) in [6.07, 6.45) is 0.380. The highest BCUT2D eigenvalue weighted by Gasteiger charge is 2.43. The van der Waals surface area contributed by atoms with Crippen LogP contribution in [0.1, 0.15) is 11.3 Å². The van der Waals surface area contributed by atoms with Crippen molar-refractivity contribution in [1.29, 1.82) is 0 Å².